The van der Waals surface area contributed by atoms with E-state index in [1.165, 1.54) is 0 Å². The Morgan fingerprint density at radius 3 is 2.43 bits per heavy atom. The van der Waals surface area contributed by atoms with Crippen LogP contribution in [0.2, 0.25) is 0 Å². The van der Waals surface area contributed by atoms with Crippen LogP contribution in [0.1, 0.15) is 25.8 Å². The van der Waals surface area contributed by atoms with Gasteiger partial charge in [-0.2, -0.15) is 0 Å². The zero-order valence-corrected chi connectivity index (χ0v) is 8.73. The SMILES string of the molecule is C/C=C/CC(C)(C=O)c1ccccc1. The lowest BCUT2D eigenvalue weighted by molar-refractivity contribution is -0.112. The van der Waals surface area contributed by atoms with E-state index in [9.17, 15) is 4.79 Å². The van der Waals surface area contributed by atoms with Crippen LogP contribution in [0.3, 0.4) is 0 Å². The van der Waals surface area contributed by atoms with Crippen LogP contribution < -0.4 is 0 Å². The third kappa shape index (κ3) is 2.32. The Morgan fingerprint density at radius 1 is 1.29 bits per heavy atom. The van der Waals surface area contributed by atoms with Crippen molar-refractivity contribution in [2.75, 3.05) is 0 Å². The molecule has 1 atom stereocenters. The lowest BCUT2D eigenvalue weighted by Gasteiger charge is -2.21. The summed E-state index contributed by atoms with van der Waals surface area (Å²) >= 11 is 0. The second-order valence-electron chi connectivity index (χ2n) is 3.67. The van der Waals surface area contributed by atoms with Crippen molar-refractivity contribution in [3.05, 3.63) is 48.0 Å². The van der Waals surface area contributed by atoms with Gasteiger partial charge in [-0.1, -0.05) is 42.5 Å². The van der Waals surface area contributed by atoms with Gasteiger partial charge in [-0.15, -0.1) is 0 Å². The van der Waals surface area contributed by atoms with Crippen molar-refractivity contribution in [3.8, 4) is 0 Å². The van der Waals surface area contributed by atoms with Crippen molar-refractivity contribution in [1.82, 2.24) is 0 Å². The summed E-state index contributed by atoms with van der Waals surface area (Å²) in [5, 5.41) is 0. The van der Waals surface area contributed by atoms with Gasteiger partial charge in [0.25, 0.3) is 0 Å². The second kappa shape index (κ2) is 4.75. The largest absolute Gasteiger partial charge is 0.302 e. The van der Waals surface area contributed by atoms with E-state index in [4.69, 9.17) is 0 Å². The lowest BCUT2D eigenvalue weighted by atomic mass is 9.81. The van der Waals surface area contributed by atoms with E-state index < -0.39 is 0 Å². The highest BCUT2D eigenvalue weighted by atomic mass is 16.1. The molecule has 1 rings (SSSR count). The molecule has 0 aromatic heterocycles. The van der Waals surface area contributed by atoms with Crippen molar-refractivity contribution < 1.29 is 4.79 Å². The van der Waals surface area contributed by atoms with Crippen molar-refractivity contribution >= 4 is 6.29 Å². The third-order valence-electron chi connectivity index (χ3n) is 2.47. The molecule has 74 valence electrons. The fourth-order valence-electron chi connectivity index (χ4n) is 1.42. The molecular formula is C13H16O. The number of hydrogen-bond donors (Lipinski definition) is 0. The molecule has 0 fully saturated rings. The van der Waals surface area contributed by atoms with Gasteiger partial charge in [0.05, 0.1) is 5.41 Å². The third-order valence-corrected chi connectivity index (χ3v) is 2.47. The number of carbonyl (C=O) groups is 1. The number of rotatable bonds is 4. The highest BCUT2D eigenvalue weighted by molar-refractivity contribution is 5.68. The molecule has 14 heavy (non-hydrogen) atoms. The first-order valence-corrected chi connectivity index (χ1v) is 4.86. The topological polar surface area (TPSA) is 17.1 Å². The first-order valence-electron chi connectivity index (χ1n) is 4.86. The zero-order valence-electron chi connectivity index (χ0n) is 8.73. The van der Waals surface area contributed by atoms with E-state index >= 15 is 0 Å². The van der Waals surface area contributed by atoms with Gasteiger partial charge in [-0.25, -0.2) is 0 Å². The summed E-state index contributed by atoms with van der Waals surface area (Å²) in [6.07, 6.45) is 5.80. The van der Waals surface area contributed by atoms with Gasteiger partial charge >= 0.3 is 0 Å². The van der Waals surface area contributed by atoms with Gasteiger partial charge in [0.2, 0.25) is 0 Å². The summed E-state index contributed by atoms with van der Waals surface area (Å²) in [5.74, 6) is 0. The average Bonchev–Trinajstić information content (AvgIpc) is 2.27. The summed E-state index contributed by atoms with van der Waals surface area (Å²) in [7, 11) is 0. The minimum atomic E-state index is -0.381. The summed E-state index contributed by atoms with van der Waals surface area (Å²) in [6, 6.07) is 9.89. The summed E-state index contributed by atoms with van der Waals surface area (Å²) < 4.78 is 0. The predicted molar refractivity (Wildman–Crippen MR) is 59.3 cm³/mol. The van der Waals surface area contributed by atoms with Crippen molar-refractivity contribution in [2.45, 2.75) is 25.7 Å². The number of hydrogen-bond acceptors (Lipinski definition) is 1. The molecule has 0 spiro atoms. The van der Waals surface area contributed by atoms with Crippen LogP contribution >= 0.6 is 0 Å². The predicted octanol–water partition coefficient (Wildman–Crippen LogP) is 3.11. The fraction of sp³-hybridized carbons (Fsp3) is 0.308. The van der Waals surface area contributed by atoms with E-state index in [2.05, 4.69) is 0 Å². The van der Waals surface area contributed by atoms with Crippen LogP contribution in [0.15, 0.2) is 42.5 Å². The van der Waals surface area contributed by atoms with Crippen LogP contribution in [-0.2, 0) is 10.2 Å². The molecule has 1 nitrogen and oxygen atoms in total. The Bertz CT molecular complexity index is 313. The Labute approximate surface area is 85.5 Å². The Balaban J connectivity index is 2.95. The monoisotopic (exact) mass is 188 g/mol. The smallest absolute Gasteiger partial charge is 0.130 e. The maximum atomic E-state index is 11.1. The van der Waals surface area contributed by atoms with Crippen molar-refractivity contribution in [3.63, 3.8) is 0 Å². The molecule has 1 aromatic carbocycles. The number of benzene rings is 1. The van der Waals surface area contributed by atoms with E-state index in [1.54, 1.807) is 0 Å². The van der Waals surface area contributed by atoms with Crippen LogP contribution in [0.4, 0.5) is 0 Å². The van der Waals surface area contributed by atoms with Gasteiger partial charge in [0.15, 0.2) is 0 Å². The highest BCUT2D eigenvalue weighted by Gasteiger charge is 2.23. The normalized spacial score (nSPS) is 15.3. The average molecular weight is 188 g/mol. The molecular weight excluding hydrogens is 172 g/mol. The first-order chi connectivity index (χ1) is 6.73. The van der Waals surface area contributed by atoms with E-state index in [0.717, 1.165) is 18.3 Å². The second-order valence-corrected chi connectivity index (χ2v) is 3.67. The molecule has 1 unspecified atom stereocenters. The van der Waals surface area contributed by atoms with Gasteiger partial charge in [-0.05, 0) is 25.8 Å². The number of allylic oxidation sites excluding steroid dienone is 2. The molecule has 0 radical (unpaired) electrons. The molecule has 0 saturated heterocycles. The van der Waals surface area contributed by atoms with Crippen molar-refractivity contribution in [2.24, 2.45) is 0 Å². The van der Waals surface area contributed by atoms with Crippen LogP contribution in [0.25, 0.3) is 0 Å². The summed E-state index contributed by atoms with van der Waals surface area (Å²) in [4.78, 5) is 11.1. The molecule has 0 aliphatic carbocycles. The molecule has 0 saturated carbocycles. The number of carbonyl (C=O) groups excluding carboxylic acids is 1. The van der Waals surface area contributed by atoms with Crippen molar-refractivity contribution in [1.29, 1.82) is 0 Å². The quantitative estimate of drug-likeness (QED) is 0.524. The zero-order chi connectivity index (χ0) is 10.4. The summed E-state index contributed by atoms with van der Waals surface area (Å²) in [6.45, 7) is 3.94. The Hall–Kier alpha value is -1.37. The van der Waals surface area contributed by atoms with Crippen LogP contribution in [-0.4, -0.2) is 6.29 Å². The Kier molecular flexibility index (Phi) is 3.63. The van der Waals surface area contributed by atoms with Gasteiger partial charge in [0.1, 0.15) is 6.29 Å². The van der Waals surface area contributed by atoms with Gasteiger partial charge < -0.3 is 4.79 Å². The first kappa shape index (κ1) is 10.7. The van der Waals surface area contributed by atoms with E-state index in [1.807, 2.05) is 56.3 Å². The maximum absolute atomic E-state index is 11.1. The molecule has 1 aromatic rings. The molecule has 0 amide bonds. The van der Waals surface area contributed by atoms with Gasteiger partial charge in [0, 0.05) is 0 Å². The maximum Gasteiger partial charge on any atom is 0.130 e. The van der Waals surface area contributed by atoms with Crippen LogP contribution in [0.5, 0.6) is 0 Å². The Morgan fingerprint density at radius 2 is 1.93 bits per heavy atom. The molecule has 0 bridgehead atoms. The standard InChI is InChI=1S/C13H16O/c1-3-4-10-13(2,11-14)12-8-6-5-7-9-12/h3-9,11H,10H2,1-2H3/b4-3+. The lowest BCUT2D eigenvalue weighted by Crippen LogP contribution is -2.22. The molecule has 0 aliphatic heterocycles. The summed E-state index contributed by atoms with van der Waals surface area (Å²) in [5.41, 5.74) is 0.696. The fourth-order valence-corrected chi connectivity index (χ4v) is 1.42. The number of aldehydes is 1. The molecule has 0 N–H and O–H groups in total. The van der Waals surface area contributed by atoms with Gasteiger partial charge in [-0.3, -0.25) is 0 Å². The minimum absolute atomic E-state index is 0.381. The minimum Gasteiger partial charge on any atom is -0.302 e. The molecule has 0 aliphatic rings. The van der Waals surface area contributed by atoms with Crippen LogP contribution in [0, 0.1) is 0 Å². The molecule has 1 heteroatoms. The highest BCUT2D eigenvalue weighted by Crippen LogP contribution is 2.25. The van der Waals surface area contributed by atoms with E-state index in [-0.39, 0.29) is 5.41 Å². The van der Waals surface area contributed by atoms with E-state index in [0.29, 0.717) is 0 Å². The molecule has 0 heterocycles.